The van der Waals surface area contributed by atoms with E-state index in [9.17, 15) is 0 Å². The fraction of sp³-hybridized carbons (Fsp3) is 0.583. The van der Waals surface area contributed by atoms with E-state index in [1.165, 1.54) is 18.6 Å². The summed E-state index contributed by atoms with van der Waals surface area (Å²) in [6.45, 7) is 0. The van der Waals surface area contributed by atoms with E-state index in [0.29, 0.717) is 0 Å². The van der Waals surface area contributed by atoms with Crippen molar-refractivity contribution in [1.82, 2.24) is 0 Å². The quantitative estimate of drug-likeness (QED) is 0.426. The Hall–Kier alpha value is -1.03. The highest BCUT2D eigenvalue weighted by atomic mass is 14.7. The van der Waals surface area contributed by atoms with Crippen molar-refractivity contribution in [2.45, 2.75) is 25.7 Å². The van der Waals surface area contributed by atoms with E-state index in [1.807, 2.05) is 7.05 Å². The number of rotatable bonds is 1. The molecule has 0 aliphatic heterocycles. The minimum atomic E-state index is 0.137. The highest BCUT2D eigenvalue weighted by Gasteiger charge is 2.40. The SMILES string of the molecule is C#CCC12C=CC(CC1)C/C2=N\C. The molecule has 2 atom stereocenters. The van der Waals surface area contributed by atoms with Gasteiger partial charge in [-0.25, -0.2) is 0 Å². The van der Waals surface area contributed by atoms with Crippen molar-refractivity contribution in [3.8, 4) is 12.3 Å². The molecular weight excluding hydrogens is 158 g/mol. The van der Waals surface area contributed by atoms with Gasteiger partial charge in [-0.05, 0) is 25.2 Å². The number of hydrogen-bond acceptors (Lipinski definition) is 1. The molecule has 0 radical (unpaired) electrons. The van der Waals surface area contributed by atoms with Gasteiger partial charge in [0.1, 0.15) is 0 Å². The lowest BCUT2D eigenvalue weighted by Crippen LogP contribution is -2.38. The van der Waals surface area contributed by atoms with Crippen LogP contribution in [0.4, 0.5) is 0 Å². The summed E-state index contributed by atoms with van der Waals surface area (Å²) in [7, 11) is 1.89. The molecule has 68 valence electrons. The topological polar surface area (TPSA) is 12.4 Å². The van der Waals surface area contributed by atoms with Crippen molar-refractivity contribution in [3.63, 3.8) is 0 Å². The van der Waals surface area contributed by atoms with Crippen LogP contribution in [0.2, 0.25) is 0 Å². The van der Waals surface area contributed by atoms with Crippen LogP contribution in [0.25, 0.3) is 0 Å². The third-order valence-corrected chi connectivity index (χ3v) is 3.37. The van der Waals surface area contributed by atoms with E-state index in [2.05, 4.69) is 23.1 Å². The van der Waals surface area contributed by atoms with Crippen LogP contribution in [0, 0.1) is 23.7 Å². The molecule has 2 bridgehead atoms. The summed E-state index contributed by atoms with van der Waals surface area (Å²) < 4.78 is 0. The number of terminal acetylenes is 1. The summed E-state index contributed by atoms with van der Waals surface area (Å²) in [6, 6.07) is 0. The van der Waals surface area contributed by atoms with E-state index in [1.54, 1.807) is 0 Å². The molecule has 0 aromatic heterocycles. The van der Waals surface area contributed by atoms with Crippen molar-refractivity contribution in [3.05, 3.63) is 12.2 Å². The minimum Gasteiger partial charge on any atom is -0.296 e. The van der Waals surface area contributed by atoms with Crippen LogP contribution >= 0.6 is 0 Å². The first kappa shape index (κ1) is 8.56. The van der Waals surface area contributed by atoms with Crippen LogP contribution in [0.15, 0.2) is 17.1 Å². The van der Waals surface area contributed by atoms with Gasteiger partial charge in [-0.15, -0.1) is 12.3 Å². The van der Waals surface area contributed by atoms with Gasteiger partial charge in [-0.3, -0.25) is 4.99 Å². The van der Waals surface area contributed by atoms with Gasteiger partial charge in [0.25, 0.3) is 0 Å². The number of allylic oxidation sites excluding steroid dienone is 2. The van der Waals surface area contributed by atoms with Gasteiger partial charge in [-0.1, -0.05) is 12.2 Å². The third-order valence-electron chi connectivity index (χ3n) is 3.37. The number of hydrogen-bond donors (Lipinski definition) is 0. The molecule has 0 aromatic carbocycles. The molecule has 3 rings (SSSR count). The summed E-state index contributed by atoms with van der Waals surface area (Å²) in [5, 5.41) is 0. The monoisotopic (exact) mass is 173 g/mol. The maximum Gasteiger partial charge on any atom is 0.0371 e. The van der Waals surface area contributed by atoms with Crippen molar-refractivity contribution in [2.24, 2.45) is 16.3 Å². The molecule has 13 heavy (non-hydrogen) atoms. The first-order valence-corrected chi connectivity index (χ1v) is 4.90. The number of aliphatic imine (C=N–C) groups is 1. The van der Waals surface area contributed by atoms with Gasteiger partial charge >= 0.3 is 0 Å². The summed E-state index contributed by atoms with van der Waals surface area (Å²) in [4.78, 5) is 4.39. The molecule has 0 heterocycles. The minimum absolute atomic E-state index is 0.137. The summed E-state index contributed by atoms with van der Waals surface area (Å²) in [5.41, 5.74) is 1.46. The molecule has 0 spiro atoms. The highest BCUT2D eigenvalue weighted by molar-refractivity contribution is 5.94. The van der Waals surface area contributed by atoms with Crippen molar-refractivity contribution < 1.29 is 0 Å². The Morgan fingerprint density at radius 3 is 3.15 bits per heavy atom. The van der Waals surface area contributed by atoms with Gasteiger partial charge in [0.15, 0.2) is 0 Å². The van der Waals surface area contributed by atoms with E-state index < -0.39 is 0 Å². The van der Waals surface area contributed by atoms with Crippen molar-refractivity contribution >= 4 is 5.71 Å². The largest absolute Gasteiger partial charge is 0.296 e. The maximum absolute atomic E-state index is 5.42. The maximum atomic E-state index is 5.42. The lowest BCUT2D eigenvalue weighted by Gasteiger charge is -2.42. The zero-order chi connectivity index (χ0) is 9.31. The molecule has 0 aromatic rings. The smallest absolute Gasteiger partial charge is 0.0371 e. The molecule has 0 amide bonds. The zero-order valence-electron chi connectivity index (χ0n) is 8.09. The van der Waals surface area contributed by atoms with Crippen molar-refractivity contribution in [1.29, 1.82) is 0 Å². The van der Waals surface area contributed by atoms with Crippen LogP contribution in [0.1, 0.15) is 25.7 Å². The molecule has 3 aliphatic rings. The molecule has 1 heteroatoms. The van der Waals surface area contributed by atoms with Crippen molar-refractivity contribution in [2.75, 3.05) is 7.05 Å². The molecule has 2 unspecified atom stereocenters. The van der Waals surface area contributed by atoms with Gasteiger partial charge in [0.05, 0.1) is 0 Å². The predicted octanol–water partition coefficient (Wildman–Crippen LogP) is 2.44. The Balaban J connectivity index is 2.37. The van der Waals surface area contributed by atoms with E-state index >= 15 is 0 Å². The second-order valence-electron chi connectivity index (χ2n) is 4.07. The van der Waals surface area contributed by atoms with Crippen LogP contribution < -0.4 is 0 Å². The van der Waals surface area contributed by atoms with Crippen LogP contribution in [-0.4, -0.2) is 12.8 Å². The first-order chi connectivity index (χ1) is 6.30. The summed E-state index contributed by atoms with van der Waals surface area (Å²) in [6.07, 6.45) is 14.5. The molecule has 1 nitrogen and oxygen atoms in total. The Morgan fingerprint density at radius 1 is 1.77 bits per heavy atom. The second kappa shape index (κ2) is 3.03. The third kappa shape index (κ3) is 1.21. The highest BCUT2D eigenvalue weighted by Crippen LogP contribution is 2.45. The fourth-order valence-electron chi connectivity index (χ4n) is 2.55. The summed E-state index contributed by atoms with van der Waals surface area (Å²) in [5.74, 6) is 3.52. The average molecular weight is 173 g/mol. The molecule has 1 fully saturated rings. The number of fused-ring (bicyclic) bond motifs is 2. The number of nitrogens with zero attached hydrogens (tertiary/aromatic N) is 1. The fourth-order valence-corrected chi connectivity index (χ4v) is 2.55. The van der Waals surface area contributed by atoms with Crippen LogP contribution in [-0.2, 0) is 0 Å². The van der Waals surface area contributed by atoms with Gasteiger partial charge < -0.3 is 0 Å². The van der Waals surface area contributed by atoms with E-state index in [4.69, 9.17) is 6.42 Å². The average Bonchev–Trinajstić information content (AvgIpc) is 2.19. The normalized spacial score (nSPS) is 39.4. The predicted molar refractivity (Wildman–Crippen MR) is 55.7 cm³/mol. The van der Waals surface area contributed by atoms with Gasteiger partial charge in [-0.2, -0.15) is 0 Å². The van der Waals surface area contributed by atoms with E-state index in [0.717, 1.165) is 18.8 Å². The van der Waals surface area contributed by atoms with Gasteiger partial charge in [0, 0.05) is 24.6 Å². The molecule has 0 saturated heterocycles. The lowest BCUT2D eigenvalue weighted by atomic mass is 9.62. The first-order valence-electron chi connectivity index (χ1n) is 4.90. The van der Waals surface area contributed by atoms with Gasteiger partial charge in [0.2, 0.25) is 0 Å². The molecular formula is C12H15N. The van der Waals surface area contributed by atoms with E-state index in [-0.39, 0.29) is 5.41 Å². The van der Waals surface area contributed by atoms with Crippen LogP contribution in [0.5, 0.6) is 0 Å². The molecule has 0 N–H and O–H groups in total. The molecule has 1 saturated carbocycles. The Kier molecular flexibility index (Phi) is 2.00. The Labute approximate surface area is 79.9 Å². The second-order valence-corrected chi connectivity index (χ2v) is 4.07. The zero-order valence-corrected chi connectivity index (χ0v) is 8.09. The summed E-state index contributed by atoms with van der Waals surface area (Å²) >= 11 is 0. The Morgan fingerprint density at radius 2 is 2.62 bits per heavy atom. The Bertz CT molecular complexity index is 306. The van der Waals surface area contributed by atoms with Crippen LogP contribution in [0.3, 0.4) is 0 Å². The molecule has 3 aliphatic carbocycles. The lowest BCUT2D eigenvalue weighted by molar-refractivity contribution is 0.357. The standard InChI is InChI=1S/C12H15N/c1-3-6-12-7-4-10(5-8-12)9-11(12)13-2/h1,4,7,10H,5-6,8-9H2,2H3/b13-11+.